The molecule has 0 fully saturated rings. The van der Waals surface area contributed by atoms with E-state index >= 15 is 0 Å². The number of carbonyl (C=O) groups is 1. The highest BCUT2D eigenvalue weighted by Gasteiger charge is 2.18. The summed E-state index contributed by atoms with van der Waals surface area (Å²) in [4.78, 5) is 16.4. The molecule has 1 aromatic carbocycles. The monoisotopic (exact) mass is 331 g/mol. The third kappa shape index (κ3) is 3.68. The Labute approximate surface area is 140 Å². The summed E-state index contributed by atoms with van der Waals surface area (Å²) in [5.41, 5.74) is 7.15. The first kappa shape index (κ1) is 16.3. The van der Waals surface area contributed by atoms with Gasteiger partial charge in [0.2, 0.25) is 12.7 Å². The molecule has 0 radical (unpaired) electrons. The smallest absolute Gasteiger partial charge is 0.273 e. The molecule has 7 nitrogen and oxygen atoms in total. The van der Waals surface area contributed by atoms with Crippen molar-refractivity contribution in [1.29, 1.82) is 0 Å². The standard InChI is InChI=1S/C17H21N3O4/c1-10(2)5-12(18)17-20-13(8-22-17)16(21)19-7-11-3-4-14-15(6-11)24-9-23-14/h3-4,6,8,10,12H,5,7,9,18H2,1-2H3,(H,19,21). The van der Waals surface area contributed by atoms with Crippen molar-refractivity contribution in [3.8, 4) is 11.5 Å². The number of benzene rings is 1. The van der Waals surface area contributed by atoms with Crippen molar-refractivity contribution in [2.24, 2.45) is 11.7 Å². The highest BCUT2D eigenvalue weighted by molar-refractivity contribution is 5.91. The number of ether oxygens (including phenoxy) is 2. The fourth-order valence-electron chi connectivity index (χ4n) is 2.49. The van der Waals surface area contributed by atoms with Gasteiger partial charge >= 0.3 is 0 Å². The van der Waals surface area contributed by atoms with Gasteiger partial charge in [0.1, 0.15) is 6.26 Å². The fraction of sp³-hybridized carbons (Fsp3) is 0.412. The first-order chi connectivity index (χ1) is 11.5. The Hall–Kier alpha value is -2.54. The Morgan fingerprint density at radius 3 is 2.92 bits per heavy atom. The van der Waals surface area contributed by atoms with E-state index in [2.05, 4.69) is 24.1 Å². The van der Waals surface area contributed by atoms with Crippen molar-refractivity contribution < 1.29 is 18.7 Å². The maximum Gasteiger partial charge on any atom is 0.273 e. The summed E-state index contributed by atoms with van der Waals surface area (Å²) >= 11 is 0. The molecule has 0 saturated carbocycles. The molecule has 0 aliphatic carbocycles. The molecule has 3 N–H and O–H groups in total. The van der Waals surface area contributed by atoms with E-state index in [1.165, 1.54) is 6.26 Å². The van der Waals surface area contributed by atoms with Crippen LogP contribution in [0.4, 0.5) is 0 Å². The van der Waals surface area contributed by atoms with E-state index < -0.39 is 0 Å². The maximum atomic E-state index is 12.2. The Kier molecular flexibility index (Phi) is 4.71. The van der Waals surface area contributed by atoms with Crippen molar-refractivity contribution in [3.63, 3.8) is 0 Å². The second kappa shape index (κ2) is 6.92. The summed E-state index contributed by atoms with van der Waals surface area (Å²) in [5.74, 6) is 1.90. The molecule has 3 rings (SSSR count). The first-order valence-corrected chi connectivity index (χ1v) is 7.90. The molecule has 1 aliphatic heterocycles. The normalized spacial score (nSPS) is 14.0. The van der Waals surface area contributed by atoms with E-state index in [4.69, 9.17) is 19.6 Å². The number of fused-ring (bicyclic) bond motifs is 1. The predicted octanol–water partition coefficient (Wildman–Crippen LogP) is 2.38. The van der Waals surface area contributed by atoms with Gasteiger partial charge in [-0.1, -0.05) is 19.9 Å². The SMILES string of the molecule is CC(C)CC(N)c1nc(C(=O)NCc2ccc3c(c2)OCO3)co1. The van der Waals surface area contributed by atoms with E-state index in [9.17, 15) is 4.79 Å². The van der Waals surface area contributed by atoms with Crippen LogP contribution in [0.5, 0.6) is 11.5 Å². The zero-order valence-electron chi connectivity index (χ0n) is 13.7. The van der Waals surface area contributed by atoms with Crippen LogP contribution in [0.2, 0.25) is 0 Å². The summed E-state index contributed by atoms with van der Waals surface area (Å²) in [6.07, 6.45) is 2.09. The molecule has 0 spiro atoms. The van der Waals surface area contributed by atoms with Gasteiger partial charge in [-0.15, -0.1) is 0 Å². The molecule has 24 heavy (non-hydrogen) atoms. The minimum absolute atomic E-state index is 0.226. The largest absolute Gasteiger partial charge is 0.454 e. The van der Waals surface area contributed by atoms with Crippen LogP contribution in [0.3, 0.4) is 0 Å². The van der Waals surface area contributed by atoms with Crippen LogP contribution in [0.25, 0.3) is 0 Å². The number of carbonyl (C=O) groups excluding carboxylic acids is 1. The van der Waals surface area contributed by atoms with Crippen LogP contribution in [0.1, 0.15) is 48.3 Å². The molecule has 2 heterocycles. The highest BCUT2D eigenvalue weighted by atomic mass is 16.7. The first-order valence-electron chi connectivity index (χ1n) is 7.90. The lowest BCUT2D eigenvalue weighted by atomic mass is 10.0. The van der Waals surface area contributed by atoms with Crippen molar-refractivity contribution in [1.82, 2.24) is 10.3 Å². The average molecular weight is 331 g/mol. The van der Waals surface area contributed by atoms with Gasteiger partial charge in [0, 0.05) is 6.54 Å². The summed E-state index contributed by atoms with van der Waals surface area (Å²) in [6.45, 7) is 4.72. The predicted molar refractivity (Wildman–Crippen MR) is 86.6 cm³/mol. The van der Waals surface area contributed by atoms with Crippen LogP contribution < -0.4 is 20.5 Å². The highest BCUT2D eigenvalue weighted by Crippen LogP contribution is 2.32. The third-order valence-electron chi connectivity index (χ3n) is 3.69. The van der Waals surface area contributed by atoms with Crippen LogP contribution in [-0.2, 0) is 6.54 Å². The number of nitrogens with two attached hydrogens (primary N) is 1. The van der Waals surface area contributed by atoms with E-state index in [1.54, 1.807) is 0 Å². The molecule has 0 saturated heterocycles. The maximum absolute atomic E-state index is 12.2. The van der Waals surface area contributed by atoms with Crippen molar-refractivity contribution in [2.45, 2.75) is 32.9 Å². The van der Waals surface area contributed by atoms with Crippen LogP contribution in [0, 0.1) is 5.92 Å². The molecule has 7 heteroatoms. The van der Waals surface area contributed by atoms with Crippen LogP contribution in [-0.4, -0.2) is 17.7 Å². The van der Waals surface area contributed by atoms with Gasteiger partial charge in [-0.3, -0.25) is 4.79 Å². The summed E-state index contributed by atoms with van der Waals surface area (Å²) in [6, 6.07) is 5.24. The van der Waals surface area contributed by atoms with E-state index in [0.29, 0.717) is 29.9 Å². The Balaban J connectivity index is 1.58. The number of hydrogen-bond donors (Lipinski definition) is 2. The van der Waals surface area contributed by atoms with Crippen LogP contribution in [0.15, 0.2) is 28.9 Å². The zero-order chi connectivity index (χ0) is 17.1. The number of hydrogen-bond acceptors (Lipinski definition) is 6. The van der Waals surface area contributed by atoms with E-state index in [-0.39, 0.29) is 24.4 Å². The van der Waals surface area contributed by atoms with Gasteiger partial charge < -0.3 is 24.9 Å². The second-order valence-corrected chi connectivity index (χ2v) is 6.18. The molecule has 1 unspecified atom stereocenters. The lowest BCUT2D eigenvalue weighted by molar-refractivity contribution is 0.0945. The number of aromatic nitrogens is 1. The van der Waals surface area contributed by atoms with Crippen molar-refractivity contribution >= 4 is 5.91 Å². The van der Waals surface area contributed by atoms with Crippen molar-refractivity contribution in [3.05, 3.63) is 41.6 Å². The minimum Gasteiger partial charge on any atom is -0.454 e. The van der Waals surface area contributed by atoms with Gasteiger partial charge in [-0.2, -0.15) is 0 Å². The molecule has 1 amide bonds. The second-order valence-electron chi connectivity index (χ2n) is 6.18. The van der Waals surface area contributed by atoms with Gasteiger partial charge in [-0.25, -0.2) is 4.98 Å². The summed E-state index contributed by atoms with van der Waals surface area (Å²) < 4.78 is 15.9. The van der Waals surface area contributed by atoms with E-state index in [1.807, 2.05) is 18.2 Å². The van der Waals surface area contributed by atoms with Gasteiger partial charge in [-0.05, 0) is 30.0 Å². The Bertz CT molecular complexity index is 726. The molecular weight excluding hydrogens is 310 g/mol. The third-order valence-corrected chi connectivity index (χ3v) is 3.69. The number of amides is 1. The lowest BCUT2D eigenvalue weighted by Gasteiger charge is -2.09. The topological polar surface area (TPSA) is 99.6 Å². The summed E-state index contributed by atoms with van der Waals surface area (Å²) in [5, 5.41) is 2.80. The lowest BCUT2D eigenvalue weighted by Crippen LogP contribution is -2.23. The van der Waals surface area contributed by atoms with Gasteiger partial charge in [0.15, 0.2) is 17.2 Å². The Morgan fingerprint density at radius 2 is 2.12 bits per heavy atom. The molecule has 1 aliphatic rings. The fourth-order valence-corrected chi connectivity index (χ4v) is 2.49. The number of oxazole rings is 1. The van der Waals surface area contributed by atoms with Crippen molar-refractivity contribution in [2.75, 3.05) is 6.79 Å². The minimum atomic E-state index is -0.306. The average Bonchev–Trinajstić information content (AvgIpc) is 3.20. The molecular formula is C17H21N3O4. The molecule has 0 bridgehead atoms. The Morgan fingerprint density at radius 1 is 1.33 bits per heavy atom. The number of rotatable bonds is 6. The van der Waals surface area contributed by atoms with Crippen LogP contribution >= 0.6 is 0 Å². The van der Waals surface area contributed by atoms with Gasteiger partial charge in [0.05, 0.1) is 6.04 Å². The van der Waals surface area contributed by atoms with E-state index in [0.717, 1.165) is 12.0 Å². The van der Waals surface area contributed by atoms with Gasteiger partial charge in [0.25, 0.3) is 5.91 Å². The molecule has 128 valence electrons. The molecule has 1 aromatic heterocycles. The zero-order valence-corrected chi connectivity index (χ0v) is 13.7. The summed E-state index contributed by atoms with van der Waals surface area (Å²) in [7, 11) is 0. The number of nitrogens with one attached hydrogen (secondary N) is 1. The number of nitrogens with zero attached hydrogens (tertiary/aromatic N) is 1. The quantitative estimate of drug-likeness (QED) is 0.843. The molecule has 2 aromatic rings. The molecule has 1 atom stereocenters.